The molecule has 30 heavy (non-hydrogen) atoms. The largest absolute Gasteiger partial charge is 0.365 e. The summed E-state index contributed by atoms with van der Waals surface area (Å²) in [4.78, 5) is 14.5. The van der Waals surface area contributed by atoms with E-state index in [-0.39, 0.29) is 17.6 Å². The maximum atomic E-state index is 6.98. The van der Waals surface area contributed by atoms with Crippen molar-refractivity contribution in [3.8, 4) is 0 Å². The Bertz CT molecular complexity index is 1060. The van der Waals surface area contributed by atoms with Crippen LogP contribution in [-0.4, -0.2) is 39.4 Å². The topological polar surface area (TPSA) is 31.7 Å². The molecule has 0 radical (unpaired) electrons. The molecular weight excluding hydrogens is 412 g/mol. The van der Waals surface area contributed by atoms with E-state index in [1.807, 2.05) is 30.1 Å². The van der Waals surface area contributed by atoms with Gasteiger partial charge in [-0.05, 0) is 56.2 Å². The van der Waals surface area contributed by atoms with Crippen LogP contribution in [0.25, 0.3) is 5.57 Å². The lowest BCUT2D eigenvalue weighted by atomic mass is 9.86. The summed E-state index contributed by atoms with van der Waals surface area (Å²) in [5.41, 5.74) is 5.83. The van der Waals surface area contributed by atoms with Crippen molar-refractivity contribution >= 4 is 39.8 Å². The van der Waals surface area contributed by atoms with E-state index in [1.54, 1.807) is 0 Å². The third-order valence-electron chi connectivity index (χ3n) is 6.54. The fraction of sp³-hybridized carbons (Fsp3) is 0.417. The van der Waals surface area contributed by atoms with Gasteiger partial charge < -0.3 is 9.80 Å². The SMILES string of the molecule is CC1=CC(C)(C)N(C)c2cc(Cl)c(C3C(c4ccccn4)N=C4SC(C)CN43)cc21. The van der Waals surface area contributed by atoms with Crippen molar-refractivity contribution < 1.29 is 0 Å². The van der Waals surface area contributed by atoms with Gasteiger partial charge in [-0.3, -0.25) is 9.98 Å². The molecule has 156 valence electrons. The van der Waals surface area contributed by atoms with Crippen LogP contribution >= 0.6 is 23.4 Å². The number of hydrogen-bond acceptors (Lipinski definition) is 5. The zero-order chi connectivity index (χ0) is 21.2. The second kappa shape index (κ2) is 7.03. The molecule has 0 N–H and O–H groups in total. The molecule has 4 nitrogen and oxygen atoms in total. The first-order valence-corrected chi connectivity index (χ1v) is 11.7. The van der Waals surface area contributed by atoms with Gasteiger partial charge in [0, 0.05) is 41.3 Å². The van der Waals surface area contributed by atoms with Gasteiger partial charge in [0.1, 0.15) is 6.04 Å². The van der Waals surface area contributed by atoms with Crippen LogP contribution in [-0.2, 0) is 0 Å². The number of pyridine rings is 1. The van der Waals surface area contributed by atoms with Gasteiger partial charge in [0.25, 0.3) is 0 Å². The predicted octanol–water partition coefficient (Wildman–Crippen LogP) is 5.96. The summed E-state index contributed by atoms with van der Waals surface area (Å²) in [7, 11) is 2.14. The van der Waals surface area contributed by atoms with Gasteiger partial charge in [0.2, 0.25) is 0 Å². The van der Waals surface area contributed by atoms with Gasteiger partial charge in [-0.25, -0.2) is 0 Å². The minimum absolute atomic E-state index is 0.0386. The number of likely N-dealkylation sites (N-methyl/N-ethyl adjacent to an activating group) is 1. The average molecular weight is 439 g/mol. The third-order valence-corrected chi connectivity index (χ3v) is 7.96. The van der Waals surface area contributed by atoms with Crippen LogP contribution in [0.4, 0.5) is 5.69 Å². The molecule has 1 fully saturated rings. The summed E-state index contributed by atoms with van der Waals surface area (Å²) in [6, 6.07) is 10.5. The molecule has 3 atom stereocenters. The van der Waals surface area contributed by atoms with E-state index in [4.69, 9.17) is 16.6 Å². The molecule has 0 aliphatic carbocycles. The first-order chi connectivity index (χ1) is 14.3. The number of halogens is 1. The van der Waals surface area contributed by atoms with Gasteiger partial charge in [0.05, 0.1) is 17.3 Å². The minimum atomic E-state index is -0.0428. The number of rotatable bonds is 2. The van der Waals surface area contributed by atoms with Crippen molar-refractivity contribution in [2.24, 2.45) is 4.99 Å². The normalized spacial score (nSPS) is 26.9. The highest BCUT2D eigenvalue weighted by Gasteiger charge is 2.44. The summed E-state index contributed by atoms with van der Waals surface area (Å²) < 4.78 is 0. The van der Waals surface area contributed by atoms with Gasteiger partial charge in [-0.1, -0.05) is 42.4 Å². The Labute approximate surface area is 188 Å². The van der Waals surface area contributed by atoms with Crippen LogP contribution in [0, 0.1) is 0 Å². The van der Waals surface area contributed by atoms with Gasteiger partial charge in [0.15, 0.2) is 5.17 Å². The second-order valence-corrected chi connectivity index (χ2v) is 10.9. The molecule has 4 heterocycles. The summed E-state index contributed by atoms with van der Waals surface area (Å²) >= 11 is 8.83. The zero-order valence-corrected chi connectivity index (χ0v) is 19.6. The molecule has 0 saturated carbocycles. The Morgan fingerprint density at radius 2 is 2.03 bits per heavy atom. The van der Waals surface area contributed by atoms with Crippen LogP contribution in [0.5, 0.6) is 0 Å². The smallest absolute Gasteiger partial charge is 0.160 e. The lowest BCUT2D eigenvalue weighted by Gasteiger charge is -2.41. The number of allylic oxidation sites excluding steroid dienone is 1. The molecule has 0 amide bonds. The number of fused-ring (bicyclic) bond motifs is 2. The average Bonchev–Trinajstić information content (AvgIpc) is 3.22. The molecule has 5 rings (SSSR count). The number of thioether (sulfide) groups is 1. The molecular formula is C24H27ClN4S. The monoisotopic (exact) mass is 438 g/mol. The number of amidine groups is 1. The maximum Gasteiger partial charge on any atom is 0.160 e. The highest BCUT2D eigenvalue weighted by atomic mass is 35.5. The summed E-state index contributed by atoms with van der Waals surface area (Å²) in [5.74, 6) is 0. The van der Waals surface area contributed by atoms with E-state index in [2.05, 4.69) is 73.8 Å². The Hall–Kier alpha value is -1.98. The van der Waals surface area contributed by atoms with Crippen molar-refractivity contribution in [1.82, 2.24) is 9.88 Å². The Balaban J connectivity index is 1.65. The first kappa shape index (κ1) is 20.0. The van der Waals surface area contributed by atoms with E-state index in [1.165, 1.54) is 16.8 Å². The molecule has 2 aromatic rings. The minimum Gasteiger partial charge on any atom is -0.365 e. The molecule has 0 bridgehead atoms. The molecule has 6 heteroatoms. The highest BCUT2D eigenvalue weighted by molar-refractivity contribution is 8.14. The van der Waals surface area contributed by atoms with Gasteiger partial charge in [-0.15, -0.1) is 0 Å². The van der Waals surface area contributed by atoms with Crippen LogP contribution in [0.15, 0.2) is 47.6 Å². The Morgan fingerprint density at radius 3 is 2.77 bits per heavy atom. The van der Waals surface area contributed by atoms with Crippen LogP contribution in [0.3, 0.4) is 0 Å². The molecule has 0 spiro atoms. The van der Waals surface area contributed by atoms with Crippen LogP contribution in [0.1, 0.15) is 56.6 Å². The van der Waals surface area contributed by atoms with Crippen molar-refractivity contribution in [2.45, 2.75) is 50.6 Å². The van der Waals surface area contributed by atoms with E-state index in [0.29, 0.717) is 5.25 Å². The number of aliphatic imine (C=N–C) groups is 1. The van der Waals surface area contributed by atoms with E-state index >= 15 is 0 Å². The zero-order valence-electron chi connectivity index (χ0n) is 18.1. The van der Waals surface area contributed by atoms with Crippen molar-refractivity contribution in [3.63, 3.8) is 0 Å². The van der Waals surface area contributed by atoms with Crippen molar-refractivity contribution in [3.05, 3.63) is 64.4 Å². The summed E-state index contributed by atoms with van der Waals surface area (Å²) in [5, 5.41) is 2.45. The fourth-order valence-electron chi connectivity index (χ4n) is 4.87. The van der Waals surface area contributed by atoms with E-state index < -0.39 is 0 Å². The molecule has 3 aliphatic rings. The second-order valence-electron chi connectivity index (χ2n) is 9.07. The molecule has 1 saturated heterocycles. The predicted molar refractivity (Wildman–Crippen MR) is 128 cm³/mol. The molecule has 3 aliphatic heterocycles. The van der Waals surface area contributed by atoms with E-state index in [0.717, 1.165) is 28.0 Å². The fourth-order valence-corrected chi connectivity index (χ4v) is 6.23. The number of hydrogen-bond donors (Lipinski definition) is 0. The Kier molecular flexibility index (Phi) is 4.67. The lowest BCUT2D eigenvalue weighted by molar-refractivity contribution is 0.321. The lowest BCUT2D eigenvalue weighted by Crippen LogP contribution is -2.42. The highest BCUT2D eigenvalue weighted by Crippen LogP contribution is 2.51. The van der Waals surface area contributed by atoms with Crippen molar-refractivity contribution in [1.29, 1.82) is 0 Å². The number of aromatic nitrogens is 1. The molecule has 3 unspecified atom stereocenters. The standard InChI is InChI=1S/C24H27ClN4S/c1-14-12-24(3,4)28(5)20-11-18(25)17(10-16(14)20)22-21(19-8-6-7-9-26-19)27-23-29(22)13-15(2)30-23/h6-12,15,21-22H,13H2,1-5H3. The third kappa shape index (κ3) is 3.05. The molecule has 1 aromatic heterocycles. The van der Waals surface area contributed by atoms with Gasteiger partial charge in [-0.2, -0.15) is 0 Å². The number of benzene rings is 1. The summed E-state index contributed by atoms with van der Waals surface area (Å²) in [6.07, 6.45) is 4.19. The van der Waals surface area contributed by atoms with Gasteiger partial charge >= 0.3 is 0 Å². The maximum absolute atomic E-state index is 6.98. The summed E-state index contributed by atoms with van der Waals surface area (Å²) in [6.45, 7) is 9.91. The van der Waals surface area contributed by atoms with Crippen LogP contribution < -0.4 is 4.90 Å². The van der Waals surface area contributed by atoms with Crippen LogP contribution in [0.2, 0.25) is 5.02 Å². The van der Waals surface area contributed by atoms with Crippen molar-refractivity contribution in [2.75, 3.05) is 18.5 Å². The molecule has 1 aromatic carbocycles. The number of anilines is 1. The quantitative estimate of drug-likeness (QED) is 0.579. The number of nitrogens with zero attached hydrogens (tertiary/aromatic N) is 4. The Morgan fingerprint density at radius 1 is 1.23 bits per heavy atom. The first-order valence-electron chi connectivity index (χ1n) is 10.5. The van der Waals surface area contributed by atoms with E-state index in [9.17, 15) is 0 Å².